The van der Waals surface area contributed by atoms with Crippen LogP contribution in [0.25, 0.3) is 11.1 Å². The summed E-state index contributed by atoms with van der Waals surface area (Å²) in [7, 11) is 0. The van der Waals surface area contributed by atoms with Crippen molar-refractivity contribution >= 4 is 17.5 Å². The number of rotatable bonds is 7. The van der Waals surface area contributed by atoms with Crippen molar-refractivity contribution in [2.75, 3.05) is 19.8 Å². The van der Waals surface area contributed by atoms with E-state index in [0.717, 1.165) is 17.5 Å². The van der Waals surface area contributed by atoms with Crippen LogP contribution in [-0.2, 0) is 16.0 Å². The number of esters is 1. The molecule has 0 spiro atoms. The molecule has 1 aliphatic carbocycles. The summed E-state index contributed by atoms with van der Waals surface area (Å²) in [5.41, 5.74) is 5.56. The molecular weight excluding hydrogens is 420 g/mol. The molecule has 166 valence electrons. The summed E-state index contributed by atoms with van der Waals surface area (Å²) in [6, 6.07) is 18.7. The summed E-state index contributed by atoms with van der Waals surface area (Å²) in [6.45, 7) is 0.558. The Balaban J connectivity index is 1.14. The van der Waals surface area contributed by atoms with Crippen LogP contribution in [0, 0.1) is 0 Å². The minimum Gasteiger partial charge on any atom is -0.486 e. The summed E-state index contributed by atoms with van der Waals surface area (Å²) in [5, 5.41) is 0. The molecule has 0 amide bonds. The highest BCUT2D eigenvalue weighted by molar-refractivity contribution is 6.00. The zero-order valence-electron chi connectivity index (χ0n) is 18.0. The minimum atomic E-state index is -0.583. The molecule has 0 atom stereocenters. The minimum absolute atomic E-state index is 0.0116. The molecule has 3 aromatic rings. The molecular formula is C27H22O6. The molecule has 2 aliphatic rings. The van der Waals surface area contributed by atoms with Crippen LogP contribution in [0.4, 0.5) is 0 Å². The van der Waals surface area contributed by atoms with Gasteiger partial charge in [0.25, 0.3) is 0 Å². The van der Waals surface area contributed by atoms with Crippen LogP contribution in [0.5, 0.6) is 11.5 Å². The quantitative estimate of drug-likeness (QED) is 0.311. The van der Waals surface area contributed by atoms with E-state index in [1.54, 1.807) is 24.3 Å². The Morgan fingerprint density at radius 1 is 0.727 bits per heavy atom. The first kappa shape index (κ1) is 20.9. The van der Waals surface area contributed by atoms with E-state index >= 15 is 0 Å². The Bertz CT molecular complexity index is 1260. The molecule has 0 radical (unpaired) electrons. The van der Waals surface area contributed by atoms with Crippen LogP contribution in [0.15, 0.2) is 60.7 Å². The molecule has 1 aliphatic heterocycles. The van der Waals surface area contributed by atoms with Crippen LogP contribution >= 0.6 is 0 Å². The number of Topliss-reactive ketones (excluding diaryl/α,β-unsaturated/α-hetero) is 2. The number of fused-ring (bicyclic) bond motifs is 4. The number of benzene rings is 3. The van der Waals surface area contributed by atoms with Gasteiger partial charge in [-0.05, 0) is 52.9 Å². The van der Waals surface area contributed by atoms with E-state index in [4.69, 9.17) is 14.2 Å². The second kappa shape index (κ2) is 8.90. The van der Waals surface area contributed by atoms with Crippen LogP contribution in [0.1, 0.15) is 44.7 Å². The molecule has 0 unspecified atom stereocenters. The van der Waals surface area contributed by atoms with E-state index in [1.165, 1.54) is 11.1 Å². The van der Waals surface area contributed by atoms with Crippen LogP contribution < -0.4 is 9.47 Å². The molecule has 6 nitrogen and oxygen atoms in total. The molecule has 1 heterocycles. The van der Waals surface area contributed by atoms with Crippen molar-refractivity contribution in [3.63, 3.8) is 0 Å². The van der Waals surface area contributed by atoms with Crippen molar-refractivity contribution in [2.45, 2.75) is 19.3 Å². The van der Waals surface area contributed by atoms with E-state index in [9.17, 15) is 14.4 Å². The van der Waals surface area contributed by atoms with Gasteiger partial charge in [0, 0.05) is 17.5 Å². The first-order chi connectivity index (χ1) is 16.1. The summed E-state index contributed by atoms with van der Waals surface area (Å²) in [5.74, 6) is 0.0741. The number of ketones is 2. The van der Waals surface area contributed by atoms with Gasteiger partial charge < -0.3 is 14.2 Å². The molecule has 0 saturated carbocycles. The number of ether oxygens (including phenoxy) is 3. The molecule has 0 saturated heterocycles. The van der Waals surface area contributed by atoms with Gasteiger partial charge in [0.05, 0.1) is 6.42 Å². The first-order valence-corrected chi connectivity index (χ1v) is 10.9. The van der Waals surface area contributed by atoms with Crippen molar-refractivity contribution in [3.05, 3.63) is 82.9 Å². The summed E-state index contributed by atoms with van der Waals surface area (Å²) >= 11 is 0. The Kier molecular flexibility index (Phi) is 5.65. The summed E-state index contributed by atoms with van der Waals surface area (Å²) in [4.78, 5) is 37.1. The van der Waals surface area contributed by atoms with Crippen molar-refractivity contribution in [3.8, 4) is 22.6 Å². The number of carbonyl (C=O) groups is 3. The van der Waals surface area contributed by atoms with Crippen LogP contribution in [0.2, 0.25) is 0 Å². The highest BCUT2D eigenvalue weighted by Gasteiger charge is 2.20. The van der Waals surface area contributed by atoms with Crippen molar-refractivity contribution in [1.29, 1.82) is 0 Å². The van der Waals surface area contributed by atoms with E-state index in [1.807, 2.05) is 30.3 Å². The molecule has 0 N–H and O–H groups in total. The lowest BCUT2D eigenvalue weighted by atomic mass is 10.0. The van der Waals surface area contributed by atoms with Crippen LogP contribution in [-0.4, -0.2) is 37.4 Å². The maximum Gasteiger partial charge on any atom is 0.306 e. The lowest BCUT2D eigenvalue weighted by Gasteiger charge is -2.18. The largest absolute Gasteiger partial charge is 0.486 e. The molecule has 0 aromatic heterocycles. The highest BCUT2D eigenvalue weighted by atomic mass is 16.6. The van der Waals surface area contributed by atoms with E-state index in [2.05, 4.69) is 6.07 Å². The second-order valence-corrected chi connectivity index (χ2v) is 8.07. The van der Waals surface area contributed by atoms with Crippen molar-refractivity contribution in [1.82, 2.24) is 0 Å². The Morgan fingerprint density at radius 3 is 2.33 bits per heavy atom. The highest BCUT2D eigenvalue weighted by Crippen LogP contribution is 2.37. The third-order valence-electron chi connectivity index (χ3n) is 5.90. The average molecular weight is 442 g/mol. The monoisotopic (exact) mass is 442 g/mol. The standard InChI is InChI=1S/C27H22O6/c28-23(20-7-9-25-26(15-20)32-12-11-31-25)8-10-27(30)33-16-24(29)19-6-5-18-13-17-3-1-2-4-21(17)22(18)14-19/h1-7,9,14-15H,8,10-13,16H2. The Labute approximate surface area is 191 Å². The lowest BCUT2D eigenvalue weighted by Crippen LogP contribution is -2.16. The van der Waals surface area contributed by atoms with E-state index in [0.29, 0.717) is 35.8 Å². The lowest BCUT2D eigenvalue weighted by molar-refractivity contribution is -0.142. The summed E-state index contributed by atoms with van der Waals surface area (Å²) in [6.07, 6.45) is 0.743. The fourth-order valence-electron chi connectivity index (χ4n) is 4.18. The SMILES string of the molecule is O=C(CCC(=O)c1ccc2c(c1)OCCO2)OCC(=O)c1ccc2c(c1)-c1ccccc1C2. The number of carbonyl (C=O) groups excluding carboxylic acids is 3. The van der Waals surface area contributed by atoms with E-state index < -0.39 is 5.97 Å². The van der Waals surface area contributed by atoms with Gasteiger partial charge in [-0.1, -0.05) is 36.4 Å². The molecule has 5 rings (SSSR count). The third-order valence-corrected chi connectivity index (χ3v) is 5.90. The average Bonchev–Trinajstić information content (AvgIpc) is 3.23. The van der Waals surface area contributed by atoms with Crippen molar-refractivity contribution < 1.29 is 28.6 Å². The van der Waals surface area contributed by atoms with Gasteiger partial charge in [-0.2, -0.15) is 0 Å². The zero-order chi connectivity index (χ0) is 22.8. The molecule has 33 heavy (non-hydrogen) atoms. The first-order valence-electron chi connectivity index (χ1n) is 10.9. The third kappa shape index (κ3) is 4.37. The predicted molar refractivity (Wildman–Crippen MR) is 121 cm³/mol. The molecule has 3 aromatic carbocycles. The Morgan fingerprint density at radius 2 is 1.45 bits per heavy atom. The van der Waals surface area contributed by atoms with Gasteiger partial charge in [0.1, 0.15) is 13.2 Å². The van der Waals surface area contributed by atoms with Crippen molar-refractivity contribution in [2.24, 2.45) is 0 Å². The topological polar surface area (TPSA) is 78.9 Å². The van der Waals surface area contributed by atoms with Gasteiger partial charge in [-0.15, -0.1) is 0 Å². The fraction of sp³-hybridized carbons (Fsp3) is 0.222. The molecule has 0 bridgehead atoms. The normalized spacial score (nSPS) is 13.1. The van der Waals surface area contributed by atoms with Gasteiger partial charge >= 0.3 is 5.97 Å². The zero-order valence-corrected chi connectivity index (χ0v) is 18.0. The number of hydrogen-bond acceptors (Lipinski definition) is 6. The maximum atomic E-state index is 12.6. The van der Waals surface area contributed by atoms with E-state index in [-0.39, 0.29) is 31.0 Å². The predicted octanol–water partition coefficient (Wildman–Crippen LogP) is 4.42. The smallest absolute Gasteiger partial charge is 0.306 e. The van der Waals surface area contributed by atoms with Gasteiger partial charge in [-0.3, -0.25) is 14.4 Å². The van der Waals surface area contributed by atoms with Crippen LogP contribution in [0.3, 0.4) is 0 Å². The Hall–Kier alpha value is -3.93. The van der Waals surface area contributed by atoms with Gasteiger partial charge in [-0.25, -0.2) is 0 Å². The van der Waals surface area contributed by atoms with Gasteiger partial charge in [0.15, 0.2) is 29.7 Å². The fourth-order valence-corrected chi connectivity index (χ4v) is 4.18. The molecule has 6 heteroatoms. The summed E-state index contributed by atoms with van der Waals surface area (Å²) < 4.78 is 16.1. The molecule has 0 fully saturated rings. The number of hydrogen-bond donors (Lipinski definition) is 0. The second-order valence-electron chi connectivity index (χ2n) is 8.07. The van der Waals surface area contributed by atoms with Gasteiger partial charge in [0.2, 0.25) is 0 Å². The maximum absolute atomic E-state index is 12.6.